The van der Waals surface area contributed by atoms with Gasteiger partial charge in [0.25, 0.3) is 0 Å². The van der Waals surface area contributed by atoms with Crippen LogP contribution in [0.5, 0.6) is 11.5 Å². The Morgan fingerprint density at radius 3 is 1.91 bits per heavy atom. The number of rotatable bonds is 9. The van der Waals surface area contributed by atoms with Crippen molar-refractivity contribution in [3.8, 4) is 11.5 Å². The molecule has 0 spiro atoms. The maximum Gasteiger partial charge on any atom is 0.410 e. The highest BCUT2D eigenvalue weighted by Gasteiger charge is 2.32. The summed E-state index contributed by atoms with van der Waals surface area (Å²) in [4.78, 5) is 18.1. The van der Waals surface area contributed by atoms with Crippen LogP contribution in [-0.2, 0) is 9.47 Å². The Labute approximate surface area is 262 Å². The molecular weight excluding hydrogens is 571 g/mol. The number of ether oxygens (including phenoxy) is 4. The number of carbonyl (C=O) groups is 1. The molecule has 1 unspecified atom stereocenters. The molecule has 8 heteroatoms. The molecule has 1 aliphatic rings. The molecule has 4 aromatic rings. The van der Waals surface area contributed by atoms with Gasteiger partial charge in [0.2, 0.25) is 0 Å². The third-order valence-corrected chi connectivity index (χ3v) is 9.26. The molecule has 1 amide bonds. The Bertz CT molecular complexity index is 1320. The number of aromatic nitrogens is 1. The van der Waals surface area contributed by atoms with Gasteiger partial charge in [-0.15, -0.1) is 0 Å². The van der Waals surface area contributed by atoms with Crippen molar-refractivity contribution in [3.63, 3.8) is 0 Å². The fourth-order valence-electron chi connectivity index (χ4n) is 4.72. The summed E-state index contributed by atoms with van der Waals surface area (Å²) in [5.74, 6) is 1.17. The summed E-state index contributed by atoms with van der Waals surface area (Å²) in [5, 5.41) is 4.19. The van der Waals surface area contributed by atoms with Crippen LogP contribution in [0.2, 0.25) is 0 Å². The molecule has 232 valence electrons. The fraction of sp³-hybridized carbons (Fsp3) is 0.333. The van der Waals surface area contributed by atoms with Crippen LogP contribution in [0, 0.1) is 0 Å². The van der Waals surface area contributed by atoms with Crippen LogP contribution in [0.15, 0.2) is 109 Å². The summed E-state index contributed by atoms with van der Waals surface area (Å²) < 4.78 is 21.9. The normalized spacial score (nSPS) is 15.2. The molecule has 7 nitrogen and oxygen atoms in total. The van der Waals surface area contributed by atoms with Crippen LogP contribution >= 0.6 is 7.92 Å². The smallest absolute Gasteiger partial charge is 0.410 e. The van der Waals surface area contributed by atoms with E-state index in [4.69, 9.17) is 18.9 Å². The number of nitrogens with zero attached hydrogens (tertiary/aromatic N) is 2. The van der Waals surface area contributed by atoms with Crippen molar-refractivity contribution in [3.05, 3.63) is 109 Å². The number of pyridine rings is 1. The van der Waals surface area contributed by atoms with E-state index in [1.165, 1.54) is 15.9 Å². The van der Waals surface area contributed by atoms with E-state index in [1.807, 2.05) is 20.8 Å². The van der Waals surface area contributed by atoms with Gasteiger partial charge in [-0.2, -0.15) is 0 Å². The highest BCUT2D eigenvalue weighted by atomic mass is 31.1. The molecule has 1 aromatic heterocycles. The zero-order valence-electron chi connectivity index (χ0n) is 26.3. The third-order valence-electron chi connectivity index (χ3n) is 6.81. The minimum atomic E-state index is -0.501. The van der Waals surface area contributed by atoms with Crippen LogP contribution in [0.4, 0.5) is 4.79 Å². The van der Waals surface area contributed by atoms with Crippen molar-refractivity contribution in [2.75, 3.05) is 20.3 Å². The Hall–Kier alpha value is -3.93. The standard InChI is InChI=1S/C18H28N2O5.C18H15P/c1-13(22-5)24-16-9-15(10-19-11-16)23-12-14-7-6-8-20(14)17(21)25-18(2,3)4;1-4-10-16(11-5-1)19(17-12-6-2-7-13-17)18-14-8-3-9-15-18/h9-11,13-14H,6-8,12H2,1-5H3;1-15H/t13?,14-;/m0./s1. The lowest BCUT2D eigenvalue weighted by atomic mass is 10.2. The molecule has 0 N–H and O–H groups in total. The fourth-order valence-corrected chi connectivity index (χ4v) is 7.03. The Balaban J connectivity index is 0.000000208. The highest BCUT2D eigenvalue weighted by molar-refractivity contribution is 7.79. The van der Waals surface area contributed by atoms with Crippen LogP contribution in [0.1, 0.15) is 40.5 Å². The summed E-state index contributed by atoms with van der Waals surface area (Å²) in [5.41, 5.74) is -0.501. The van der Waals surface area contributed by atoms with Crippen LogP contribution < -0.4 is 25.4 Å². The molecule has 1 aliphatic heterocycles. The second-order valence-corrected chi connectivity index (χ2v) is 13.6. The van der Waals surface area contributed by atoms with E-state index in [2.05, 4.69) is 96.0 Å². The van der Waals surface area contributed by atoms with Gasteiger partial charge in [-0.05, 0) is 64.4 Å². The molecule has 1 fully saturated rings. The average Bonchev–Trinajstić information content (AvgIpc) is 3.51. The monoisotopic (exact) mass is 614 g/mol. The Morgan fingerprint density at radius 2 is 1.41 bits per heavy atom. The molecule has 1 saturated heterocycles. The molecule has 2 heterocycles. The number of likely N-dealkylation sites (tertiary alicyclic amines) is 1. The van der Waals surface area contributed by atoms with Crippen LogP contribution in [0.25, 0.3) is 0 Å². The van der Waals surface area contributed by atoms with Crippen molar-refractivity contribution in [1.82, 2.24) is 9.88 Å². The first-order chi connectivity index (χ1) is 21.2. The minimum absolute atomic E-state index is 0.00248. The van der Waals surface area contributed by atoms with Crippen molar-refractivity contribution >= 4 is 29.9 Å². The lowest BCUT2D eigenvalue weighted by molar-refractivity contribution is -0.0386. The molecule has 2 atom stereocenters. The van der Waals surface area contributed by atoms with Crippen molar-refractivity contribution in [2.45, 2.75) is 58.5 Å². The number of hydrogen-bond donors (Lipinski definition) is 0. The van der Waals surface area contributed by atoms with Gasteiger partial charge < -0.3 is 23.8 Å². The molecule has 3 aromatic carbocycles. The van der Waals surface area contributed by atoms with E-state index in [-0.39, 0.29) is 18.4 Å². The largest absolute Gasteiger partial charge is 0.490 e. The lowest BCUT2D eigenvalue weighted by Crippen LogP contribution is -2.42. The predicted molar refractivity (Wildman–Crippen MR) is 178 cm³/mol. The number of carbonyl (C=O) groups excluding carboxylic acids is 1. The number of amides is 1. The van der Waals surface area contributed by atoms with Gasteiger partial charge in [0.1, 0.15) is 23.7 Å². The number of methoxy groups -OCH3 is 1. The maximum absolute atomic E-state index is 12.3. The Kier molecular flexibility index (Phi) is 12.2. The highest BCUT2D eigenvalue weighted by Crippen LogP contribution is 2.32. The quantitative estimate of drug-likeness (QED) is 0.155. The lowest BCUT2D eigenvalue weighted by Gasteiger charge is -2.28. The first-order valence-corrected chi connectivity index (χ1v) is 16.3. The van der Waals surface area contributed by atoms with Crippen molar-refractivity contribution in [1.29, 1.82) is 0 Å². The predicted octanol–water partition coefficient (Wildman–Crippen LogP) is 6.68. The second-order valence-electron chi connectivity index (χ2n) is 11.4. The summed E-state index contributed by atoms with van der Waals surface area (Å²) in [6.07, 6.45) is 4.41. The van der Waals surface area contributed by atoms with Gasteiger partial charge in [-0.25, -0.2) is 4.79 Å². The summed E-state index contributed by atoms with van der Waals surface area (Å²) >= 11 is 0. The first kappa shape index (κ1) is 33.0. The average molecular weight is 615 g/mol. The van der Waals surface area contributed by atoms with Gasteiger partial charge >= 0.3 is 6.09 Å². The SMILES string of the molecule is COC(C)Oc1cncc(OC[C@@H]2CCCN2C(=O)OC(C)(C)C)c1.c1ccc(P(c2ccccc2)c2ccccc2)cc1. The third kappa shape index (κ3) is 10.1. The molecule has 0 aliphatic carbocycles. The van der Waals surface area contributed by atoms with Crippen LogP contribution in [0.3, 0.4) is 0 Å². The van der Waals surface area contributed by atoms with E-state index in [0.717, 1.165) is 12.8 Å². The van der Waals surface area contributed by atoms with Gasteiger partial charge in [0, 0.05) is 19.7 Å². The van der Waals surface area contributed by atoms with E-state index in [0.29, 0.717) is 24.7 Å². The van der Waals surface area contributed by atoms with E-state index >= 15 is 0 Å². The second kappa shape index (κ2) is 16.2. The minimum Gasteiger partial charge on any atom is -0.490 e. The Morgan fingerprint density at radius 1 is 0.886 bits per heavy atom. The van der Waals surface area contributed by atoms with Gasteiger partial charge in [-0.1, -0.05) is 91.0 Å². The zero-order valence-corrected chi connectivity index (χ0v) is 27.2. The van der Waals surface area contributed by atoms with Crippen molar-refractivity contribution < 1.29 is 23.7 Å². The van der Waals surface area contributed by atoms with Crippen LogP contribution in [-0.4, -0.2) is 54.2 Å². The first-order valence-electron chi connectivity index (χ1n) is 15.0. The molecule has 0 bridgehead atoms. The van der Waals surface area contributed by atoms with E-state index in [1.54, 1.807) is 37.4 Å². The van der Waals surface area contributed by atoms with E-state index in [9.17, 15) is 4.79 Å². The zero-order chi connectivity index (χ0) is 31.4. The van der Waals surface area contributed by atoms with Gasteiger partial charge in [0.15, 0.2) is 6.29 Å². The number of benzene rings is 3. The summed E-state index contributed by atoms with van der Waals surface area (Å²) in [6, 6.07) is 34.1. The molecule has 5 rings (SSSR count). The topological polar surface area (TPSA) is 70.1 Å². The molecule has 44 heavy (non-hydrogen) atoms. The summed E-state index contributed by atoms with van der Waals surface area (Å²) in [7, 11) is 1.13. The number of hydrogen-bond acceptors (Lipinski definition) is 6. The molecular formula is C36H43N2O5P. The molecule has 0 saturated carbocycles. The molecule has 0 radical (unpaired) electrons. The summed E-state index contributed by atoms with van der Waals surface area (Å²) in [6.45, 7) is 8.48. The van der Waals surface area contributed by atoms with Gasteiger partial charge in [0.05, 0.1) is 18.4 Å². The van der Waals surface area contributed by atoms with Gasteiger partial charge in [-0.3, -0.25) is 4.98 Å². The van der Waals surface area contributed by atoms with E-state index < -0.39 is 13.5 Å². The maximum atomic E-state index is 12.3. The van der Waals surface area contributed by atoms with Crippen molar-refractivity contribution in [2.24, 2.45) is 0 Å².